The van der Waals surface area contributed by atoms with Gasteiger partial charge >= 0.3 is 29.4 Å². The summed E-state index contributed by atoms with van der Waals surface area (Å²) in [7, 11) is 0. The number of benzene rings is 1. The normalized spacial score (nSPS) is 17.6. The van der Waals surface area contributed by atoms with Gasteiger partial charge in [0.1, 0.15) is 17.7 Å². The predicted octanol–water partition coefficient (Wildman–Crippen LogP) is 5.60. The standard InChI is InChI=1S/C17H8F6NO2.C5H5.Fe/c18-16(19,20)11-5-2-4-10-13(26-12-6-1-3-9(12)8-25)7-14(17(21,22)23)24-15(10)11;1-2-4-5-3-1;/h1-8H;1-5H;/q;;+2. The van der Waals surface area contributed by atoms with E-state index >= 15 is 0 Å². The molecule has 166 valence electrons. The summed E-state index contributed by atoms with van der Waals surface area (Å²) >= 11 is 0. The molecule has 1 aromatic heterocycles. The monoisotopic (exact) mass is 493 g/mol. The fourth-order valence-corrected chi connectivity index (χ4v) is 2.72. The molecule has 0 N–H and O–H groups in total. The molecule has 1 heterocycles. The van der Waals surface area contributed by atoms with E-state index in [9.17, 15) is 31.1 Å². The van der Waals surface area contributed by atoms with E-state index in [0.29, 0.717) is 18.4 Å². The number of rotatable bonds is 3. The summed E-state index contributed by atoms with van der Waals surface area (Å²) in [5.41, 5.74) is -3.73. The van der Waals surface area contributed by atoms with Crippen molar-refractivity contribution >= 4 is 17.2 Å². The van der Waals surface area contributed by atoms with Crippen LogP contribution in [0, 0.1) is 63.4 Å². The van der Waals surface area contributed by atoms with Gasteiger partial charge in [-0.25, -0.2) is 4.98 Å². The first kappa shape index (κ1) is 26.5. The van der Waals surface area contributed by atoms with Gasteiger partial charge in [0, 0.05) is 17.9 Å². The Kier molecular flexibility index (Phi) is 8.99. The smallest absolute Gasteiger partial charge is 0.481 e. The Bertz CT molecular complexity index is 904. The van der Waals surface area contributed by atoms with Crippen LogP contribution in [-0.4, -0.2) is 11.3 Å². The van der Waals surface area contributed by atoms with Gasteiger partial charge < -0.3 is 9.53 Å². The Balaban J connectivity index is 0.000000534. The van der Waals surface area contributed by atoms with Gasteiger partial charge in [-0.3, -0.25) is 0 Å². The molecule has 2 saturated carbocycles. The maximum atomic E-state index is 13.2. The summed E-state index contributed by atoms with van der Waals surface area (Å²) in [6.45, 7) is 0. The van der Waals surface area contributed by atoms with Crippen LogP contribution in [0.2, 0.25) is 0 Å². The van der Waals surface area contributed by atoms with Crippen LogP contribution >= 0.6 is 0 Å². The summed E-state index contributed by atoms with van der Waals surface area (Å²) in [5.74, 6) is -0.432. The molecule has 1 aromatic carbocycles. The van der Waals surface area contributed by atoms with Gasteiger partial charge in [-0.05, 0) is 57.1 Å². The number of alkyl halides is 6. The Hall–Kier alpha value is -1.80. The molecule has 0 amide bonds. The number of para-hydroxylation sites is 1. The number of hydrogen-bond acceptors (Lipinski definition) is 3. The molecule has 2 aromatic rings. The Morgan fingerprint density at radius 1 is 0.844 bits per heavy atom. The molecule has 0 aliphatic heterocycles. The third-order valence-electron chi connectivity index (χ3n) is 4.11. The quantitative estimate of drug-likeness (QED) is 0.318. The number of nitrogens with zero attached hydrogens (tertiary/aromatic N) is 1. The van der Waals surface area contributed by atoms with Crippen LogP contribution in [0.1, 0.15) is 11.3 Å². The second-order valence-corrected chi connectivity index (χ2v) is 6.23. The van der Waals surface area contributed by atoms with Crippen LogP contribution in [0.4, 0.5) is 26.3 Å². The van der Waals surface area contributed by atoms with Gasteiger partial charge in [-0.2, -0.15) is 26.3 Å². The van der Waals surface area contributed by atoms with Gasteiger partial charge in [-0.15, -0.1) is 0 Å². The first-order valence-corrected chi connectivity index (χ1v) is 8.75. The minimum absolute atomic E-state index is 0. The number of hydrogen-bond donors (Lipinski definition) is 0. The third-order valence-corrected chi connectivity index (χ3v) is 4.11. The molecular formula is C22H13F6FeNO2+2. The molecule has 2 aliphatic carbocycles. The summed E-state index contributed by atoms with van der Waals surface area (Å²) in [6, 6.07) is 3.35. The van der Waals surface area contributed by atoms with Gasteiger partial charge in [0.2, 0.25) is 0 Å². The molecule has 0 spiro atoms. The summed E-state index contributed by atoms with van der Waals surface area (Å²) < 4.78 is 84.1. The number of aldehydes is 1. The molecule has 0 atom stereocenters. The number of halogens is 6. The van der Waals surface area contributed by atoms with Crippen LogP contribution in [0.3, 0.4) is 0 Å². The number of aromatic nitrogens is 1. The van der Waals surface area contributed by atoms with Crippen LogP contribution in [-0.2, 0) is 34.2 Å². The minimum Gasteiger partial charge on any atom is -0.481 e. The molecule has 32 heavy (non-hydrogen) atoms. The van der Waals surface area contributed by atoms with E-state index in [-0.39, 0.29) is 34.5 Å². The molecule has 3 nitrogen and oxygen atoms in total. The van der Waals surface area contributed by atoms with Crippen LogP contribution in [0.15, 0.2) is 24.3 Å². The second kappa shape index (κ2) is 10.9. The summed E-state index contributed by atoms with van der Waals surface area (Å²) in [4.78, 5) is 14.1. The van der Waals surface area contributed by atoms with Crippen molar-refractivity contribution in [3.05, 3.63) is 98.9 Å². The fourth-order valence-electron chi connectivity index (χ4n) is 2.72. The van der Waals surface area contributed by atoms with Crippen molar-refractivity contribution in [3.63, 3.8) is 0 Å². The van der Waals surface area contributed by atoms with Crippen molar-refractivity contribution in [2.24, 2.45) is 0 Å². The molecular weight excluding hydrogens is 480 g/mol. The zero-order valence-electron chi connectivity index (χ0n) is 15.9. The van der Waals surface area contributed by atoms with Crippen LogP contribution in [0.5, 0.6) is 5.75 Å². The van der Waals surface area contributed by atoms with Gasteiger partial charge in [0.25, 0.3) is 0 Å². The molecule has 0 saturated heterocycles. The number of fused-ring (bicyclic) bond motifs is 1. The molecule has 10 heteroatoms. The average Bonchev–Trinajstić information content (AvgIpc) is 3.41. The Morgan fingerprint density at radius 3 is 2.00 bits per heavy atom. The fraction of sp³-hybridized carbons (Fsp3) is 0.0909. The van der Waals surface area contributed by atoms with E-state index in [2.05, 4.69) is 4.98 Å². The van der Waals surface area contributed by atoms with Crippen molar-refractivity contribution in [3.8, 4) is 5.75 Å². The van der Waals surface area contributed by atoms with Gasteiger partial charge in [-0.1, -0.05) is 6.07 Å². The zero-order chi connectivity index (χ0) is 22.6. The Labute approximate surface area is 192 Å². The molecule has 10 radical (unpaired) electrons. The van der Waals surface area contributed by atoms with E-state index in [4.69, 9.17) is 4.74 Å². The summed E-state index contributed by atoms with van der Waals surface area (Å²) in [5, 5.41) is -0.258. The van der Waals surface area contributed by atoms with E-state index in [1.165, 1.54) is 19.3 Å². The summed E-state index contributed by atoms with van der Waals surface area (Å²) in [6.07, 6.45) is 4.57. The SMILES string of the molecule is O=C[C]1[CH][CH][CH][C]1Oc1cc(C(F)(F)F)nc2c(C(F)(F)F)cccc12.[CH]1[CH][CH][CH][CH]1.[Fe+2]. The molecule has 2 aliphatic rings. The number of ether oxygens (including phenoxy) is 1. The minimum atomic E-state index is -4.98. The Morgan fingerprint density at radius 2 is 1.47 bits per heavy atom. The number of carbonyl (C=O) groups is 1. The van der Waals surface area contributed by atoms with Crippen molar-refractivity contribution in [1.82, 2.24) is 4.98 Å². The van der Waals surface area contributed by atoms with Crippen LogP contribution < -0.4 is 4.74 Å². The maximum Gasteiger partial charge on any atom is 2.00 e. The molecule has 4 rings (SSSR count). The van der Waals surface area contributed by atoms with Crippen molar-refractivity contribution in [1.29, 1.82) is 0 Å². The predicted molar refractivity (Wildman–Crippen MR) is 99.3 cm³/mol. The zero-order valence-corrected chi connectivity index (χ0v) is 17.0. The van der Waals surface area contributed by atoms with E-state index in [1.54, 1.807) is 0 Å². The van der Waals surface area contributed by atoms with Crippen LogP contribution in [0.25, 0.3) is 10.9 Å². The second-order valence-electron chi connectivity index (χ2n) is 6.23. The van der Waals surface area contributed by atoms with Crippen molar-refractivity contribution < 1.29 is 52.9 Å². The van der Waals surface area contributed by atoms with E-state index in [0.717, 1.165) is 12.1 Å². The number of carbonyl (C=O) groups excluding carboxylic acids is 1. The maximum absolute atomic E-state index is 13.2. The topological polar surface area (TPSA) is 39.2 Å². The molecule has 0 bridgehead atoms. The van der Waals surface area contributed by atoms with Crippen molar-refractivity contribution in [2.75, 3.05) is 0 Å². The first-order chi connectivity index (χ1) is 14.6. The third kappa shape index (κ3) is 6.38. The van der Waals surface area contributed by atoms with Crippen molar-refractivity contribution in [2.45, 2.75) is 12.4 Å². The molecule has 0 unspecified atom stereocenters. The van der Waals surface area contributed by atoms with E-state index in [1.807, 2.05) is 32.1 Å². The average molecular weight is 493 g/mol. The van der Waals surface area contributed by atoms with Gasteiger partial charge in [0.15, 0.2) is 6.10 Å². The van der Waals surface area contributed by atoms with E-state index < -0.39 is 34.9 Å². The largest absolute Gasteiger partial charge is 2.00 e. The molecule has 2 fully saturated rings. The van der Waals surface area contributed by atoms with Gasteiger partial charge in [0.05, 0.1) is 17.0 Å². The number of pyridine rings is 1. The first-order valence-electron chi connectivity index (χ1n) is 8.75.